The SMILES string of the molecule is CC/C=C\c1c(C2N=CC3=C(N2C)N(Cc2ccccc2)C(C)(C)NC3=O)c[nH]c1N. The zero-order valence-electron chi connectivity index (χ0n) is 18.5. The number of benzene rings is 1. The molecule has 4 N–H and O–H groups in total. The van der Waals surface area contributed by atoms with E-state index in [9.17, 15) is 4.79 Å². The number of nitrogen functional groups attached to an aromatic ring is 1. The Labute approximate surface area is 183 Å². The highest BCUT2D eigenvalue weighted by Crippen LogP contribution is 2.39. The van der Waals surface area contributed by atoms with E-state index in [1.54, 1.807) is 6.21 Å². The van der Waals surface area contributed by atoms with E-state index in [4.69, 9.17) is 10.7 Å². The van der Waals surface area contributed by atoms with Crippen molar-refractivity contribution in [3.63, 3.8) is 0 Å². The number of nitrogens with zero attached hydrogens (tertiary/aromatic N) is 3. The van der Waals surface area contributed by atoms with Gasteiger partial charge in [0.05, 0.1) is 5.57 Å². The molecule has 7 nitrogen and oxygen atoms in total. The molecule has 0 saturated heterocycles. The van der Waals surface area contributed by atoms with Crippen LogP contribution in [0, 0.1) is 0 Å². The van der Waals surface area contributed by atoms with Gasteiger partial charge in [-0.15, -0.1) is 0 Å². The molecule has 1 amide bonds. The molecule has 4 rings (SSSR count). The fraction of sp³-hybridized carbons (Fsp3) is 0.333. The van der Waals surface area contributed by atoms with Gasteiger partial charge in [0.2, 0.25) is 0 Å². The summed E-state index contributed by atoms with van der Waals surface area (Å²) in [5.41, 5.74) is 9.30. The number of nitrogens with one attached hydrogen (secondary N) is 2. The monoisotopic (exact) mass is 418 g/mol. The molecule has 0 saturated carbocycles. The standard InChI is InChI=1S/C24H30N6O/c1-5-6-12-17-18(13-26-20(17)25)21-27-14-19-22(31)28-24(2,3)30(23(19)29(21)4)15-16-10-8-7-9-11-16/h6-14,21,26H,5,15,25H2,1-4H3,(H,28,31)/b12-6-. The minimum Gasteiger partial charge on any atom is -0.385 e. The summed E-state index contributed by atoms with van der Waals surface area (Å²) in [6.07, 6.45) is 8.35. The van der Waals surface area contributed by atoms with Gasteiger partial charge in [0.15, 0.2) is 0 Å². The fourth-order valence-corrected chi connectivity index (χ4v) is 4.21. The maximum absolute atomic E-state index is 12.9. The van der Waals surface area contributed by atoms with Crippen LogP contribution in [-0.2, 0) is 11.3 Å². The zero-order valence-corrected chi connectivity index (χ0v) is 18.5. The van der Waals surface area contributed by atoms with Crippen LogP contribution in [0.3, 0.4) is 0 Å². The second-order valence-corrected chi connectivity index (χ2v) is 8.47. The normalized spacial score (nSPS) is 20.4. The number of anilines is 1. The molecule has 162 valence electrons. The summed E-state index contributed by atoms with van der Waals surface area (Å²) >= 11 is 0. The van der Waals surface area contributed by atoms with E-state index in [2.05, 4.69) is 45.2 Å². The molecule has 1 unspecified atom stereocenters. The van der Waals surface area contributed by atoms with Crippen molar-refractivity contribution in [3.05, 3.63) is 70.7 Å². The third-order valence-electron chi connectivity index (χ3n) is 5.85. The molecule has 1 atom stereocenters. The van der Waals surface area contributed by atoms with Gasteiger partial charge < -0.3 is 25.8 Å². The summed E-state index contributed by atoms with van der Waals surface area (Å²) < 4.78 is 0. The molecule has 0 fully saturated rings. The molecule has 1 aromatic carbocycles. The third kappa shape index (κ3) is 3.71. The van der Waals surface area contributed by atoms with Crippen molar-refractivity contribution in [3.8, 4) is 0 Å². The minimum atomic E-state index is -0.558. The highest BCUT2D eigenvalue weighted by atomic mass is 16.2. The number of hydrogen-bond donors (Lipinski definition) is 3. The Morgan fingerprint density at radius 3 is 2.71 bits per heavy atom. The van der Waals surface area contributed by atoms with E-state index in [1.165, 1.54) is 5.56 Å². The quantitative estimate of drug-likeness (QED) is 0.692. The number of aromatic amines is 1. The number of carbonyl (C=O) groups excluding carboxylic acids is 1. The van der Waals surface area contributed by atoms with Gasteiger partial charge in [-0.25, -0.2) is 0 Å². The zero-order chi connectivity index (χ0) is 22.2. The Hall–Kier alpha value is -3.48. The van der Waals surface area contributed by atoms with Crippen LogP contribution in [0.2, 0.25) is 0 Å². The largest absolute Gasteiger partial charge is 0.385 e. The van der Waals surface area contributed by atoms with Crippen molar-refractivity contribution in [2.45, 2.75) is 45.6 Å². The number of allylic oxidation sites excluding steroid dienone is 1. The number of carbonyl (C=O) groups is 1. The van der Waals surface area contributed by atoms with Crippen LogP contribution in [0.4, 0.5) is 5.82 Å². The highest BCUT2D eigenvalue weighted by Gasteiger charge is 2.43. The van der Waals surface area contributed by atoms with Crippen LogP contribution in [0.15, 0.2) is 59.0 Å². The van der Waals surface area contributed by atoms with Crippen LogP contribution in [0.25, 0.3) is 6.08 Å². The van der Waals surface area contributed by atoms with Crippen LogP contribution in [0.5, 0.6) is 0 Å². The maximum Gasteiger partial charge on any atom is 0.258 e. The molecular weight excluding hydrogens is 388 g/mol. The van der Waals surface area contributed by atoms with E-state index in [0.717, 1.165) is 23.4 Å². The number of nitrogens with two attached hydrogens (primary N) is 1. The number of amides is 1. The van der Waals surface area contributed by atoms with Crippen molar-refractivity contribution in [1.29, 1.82) is 0 Å². The van der Waals surface area contributed by atoms with Crippen LogP contribution in [-0.4, -0.2) is 39.6 Å². The first-order valence-electron chi connectivity index (χ1n) is 10.6. The van der Waals surface area contributed by atoms with Gasteiger partial charge in [0.25, 0.3) is 5.91 Å². The third-order valence-corrected chi connectivity index (χ3v) is 5.85. The molecule has 3 heterocycles. The number of aliphatic imine (C=N–C) groups is 1. The lowest BCUT2D eigenvalue weighted by atomic mass is 10.0. The van der Waals surface area contributed by atoms with Crippen molar-refractivity contribution in [2.24, 2.45) is 4.99 Å². The van der Waals surface area contributed by atoms with Gasteiger partial charge in [-0.1, -0.05) is 49.4 Å². The molecule has 0 radical (unpaired) electrons. The van der Waals surface area contributed by atoms with Crippen molar-refractivity contribution in [1.82, 2.24) is 20.1 Å². The minimum absolute atomic E-state index is 0.113. The molecule has 2 aromatic rings. The van der Waals surface area contributed by atoms with Crippen molar-refractivity contribution >= 4 is 24.0 Å². The van der Waals surface area contributed by atoms with Crippen LogP contribution >= 0.6 is 0 Å². The van der Waals surface area contributed by atoms with Crippen molar-refractivity contribution < 1.29 is 4.79 Å². The first kappa shape index (κ1) is 20.8. The van der Waals surface area contributed by atoms with Crippen LogP contribution in [0.1, 0.15) is 50.0 Å². The van der Waals surface area contributed by atoms with E-state index < -0.39 is 5.66 Å². The van der Waals surface area contributed by atoms with Gasteiger partial charge in [0, 0.05) is 37.1 Å². The summed E-state index contributed by atoms with van der Waals surface area (Å²) in [7, 11) is 1.99. The molecule has 0 aliphatic carbocycles. The molecular formula is C24H30N6O. The highest BCUT2D eigenvalue weighted by molar-refractivity contribution is 6.14. The molecule has 2 aliphatic heterocycles. The molecule has 2 aliphatic rings. The maximum atomic E-state index is 12.9. The number of hydrogen-bond acceptors (Lipinski definition) is 5. The van der Waals surface area contributed by atoms with Gasteiger partial charge in [0.1, 0.15) is 23.5 Å². The Bertz CT molecular complexity index is 1060. The molecule has 0 bridgehead atoms. The Kier molecular flexibility index (Phi) is 5.35. The molecule has 31 heavy (non-hydrogen) atoms. The Morgan fingerprint density at radius 1 is 1.26 bits per heavy atom. The molecule has 0 spiro atoms. The van der Waals surface area contributed by atoms with Gasteiger partial charge in [-0.3, -0.25) is 9.79 Å². The first-order valence-corrected chi connectivity index (χ1v) is 10.6. The predicted octanol–water partition coefficient (Wildman–Crippen LogP) is 3.61. The lowest BCUT2D eigenvalue weighted by Gasteiger charge is -2.50. The van der Waals surface area contributed by atoms with Gasteiger partial charge in [-0.05, 0) is 25.8 Å². The van der Waals surface area contributed by atoms with Crippen molar-refractivity contribution in [2.75, 3.05) is 12.8 Å². The fourth-order valence-electron chi connectivity index (χ4n) is 4.21. The van der Waals surface area contributed by atoms with E-state index in [0.29, 0.717) is 17.9 Å². The second kappa shape index (κ2) is 7.98. The summed E-state index contributed by atoms with van der Waals surface area (Å²) in [5, 5.41) is 3.12. The average Bonchev–Trinajstić information content (AvgIpc) is 3.10. The van der Waals surface area contributed by atoms with E-state index in [-0.39, 0.29) is 12.1 Å². The second-order valence-electron chi connectivity index (χ2n) is 8.47. The predicted molar refractivity (Wildman–Crippen MR) is 125 cm³/mol. The van der Waals surface area contributed by atoms with Gasteiger partial charge >= 0.3 is 0 Å². The topological polar surface area (TPSA) is 89.8 Å². The lowest BCUT2D eigenvalue weighted by Crippen LogP contribution is -2.62. The summed E-state index contributed by atoms with van der Waals surface area (Å²) in [4.78, 5) is 25.1. The Balaban J connectivity index is 1.76. The lowest BCUT2D eigenvalue weighted by molar-refractivity contribution is -0.123. The average molecular weight is 419 g/mol. The number of rotatable bonds is 5. The molecule has 1 aromatic heterocycles. The summed E-state index contributed by atoms with van der Waals surface area (Å²) in [5.74, 6) is 1.37. The number of aromatic nitrogens is 1. The smallest absolute Gasteiger partial charge is 0.258 e. The van der Waals surface area contributed by atoms with E-state index in [1.807, 2.05) is 51.4 Å². The molecule has 7 heteroatoms. The summed E-state index contributed by atoms with van der Waals surface area (Å²) in [6, 6.07) is 10.3. The van der Waals surface area contributed by atoms with Gasteiger partial charge in [-0.2, -0.15) is 0 Å². The number of H-pyrrole nitrogens is 1. The first-order chi connectivity index (χ1) is 14.8. The summed E-state index contributed by atoms with van der Waals surface area (Å²) in [6.45, 7) is 6.80. The Morgan fingerprint density at radius 2 is 2.00 bits per heavy atom. The van der Waals surface area contributed by atoms with E-state index >= 15 is 0 Å². The van der Waals surface area contributed by atoms with Crippen LogP contribution < -0.4 is 11.1 Å².